The molecule has 0 radical (unpaired) electrons. The molecule has 7 unspecified atom stereocenters. The molecular weight excluding hydrogens is 1130 g/mol. The second-order valence-corrected chi connectivity index (χ2v) is 25.0. The van der Waals surface area contributed by atoms with Crippen LogP contribution in [-0.2, 0) is 14.3 Å². The van der Waals surface area contributed by atoms with Crippen molar-refractivity contribution < 1.29 is 39.8 Å². The van der Waals surface area contributed by atoms with Crippen LogP contribution in [0, 0.1) is 0 Å². The molecular formula is C82H137NO8. The summed E-state index contributed by atoms with van der Waals surface area (Å²) in [5.41, 5.74) is 0. The van der Waals surface area contributed by atoms with Gasteiger partial charge in [-0.1, -0.05) is 326 Å². The van der Waals surface area contributed by atoms with Gasteiger partial charge in [0.05, 0.1) is 25.4 Å². The van der Waals surface area contributed by atoms with Crippen molar-refractivity contribution in [3.05, 3.63) is 158 Å². The van der Waals surface area contributed by atoms with Crippen molar-refractivity contribution in [2.45, 2.75) is 339 Å². The first-order chi connectivity index (χ1) is 44.8. The summed E-state index contributed by atoms with van der Waals surface area (Å²) in [4.78, 5) is 13.1. The van der Waals surface area contributed by atoms with E-state index < -0.39 is 49.5 Å². The Labute approximate surface area is 558 Å². The van der Waals surface area contributed by atoms with E-state index in [0.29, 0.717) is 19.3 Å². The van der Waals surface area contributed by atoms with Crippen LogP contribution in [-0.4, -0.2) is 87.5 Å². The first kappa shape index (κ1) is 84.8. The van der Waals surface area contributed by atoms with Crippen LogP contribution in [0.1, 0.15) is 296 Å². The summed E-state index contributed by atoms with van der Waals surface area (Å²) in [6.07, 6.45) is 101. The van der Waals surface area contributed by atoms with Crippen LogP contribution in [0.4, 0.5) is 0 Å². The molecule has 9 nitrogen and oxygen atoms in total. The number of rotatable bonds is 63. The van der Waals surface area contributed by atoms with E-state index in [1.807, 2.05) is 6.08 Å². The van der Waals surface area contributed by atoms with Crippen LogP contribution in [0.5, 0.6) is 0 Å². The highest BCUT2D eigenvalue weighted by molar-refractivity contribution is 5.76. The molecule has 518 valence electrons. The molecule has 0 bridgehead atoms. The minimum atomic E-state index is -1.59. The van der Waals surface area contributed by atoms with Gasteiger partial charge in [0.15, 0.2) is 6.29 Å². The molecule has 1 fully saturated rings. The number of hydrogen-bond donors (Lipinski definition) is 6. The quantitative estimate of drug-likeness (QED) is 0.0261. The molecule has 1 heterocycles. The minimum Gasteiger partial charge on any atom is -0.394 e. The molecule has 0 aromatic heterocycles. The number of amides is 1. The lowest BCUT2D eigenvalue weighted by molar-refractivity contribution is -0.302. The van der Waals surface area contributed by atoms with Gasteiger partial charge in [-0.25, -0.2) is 0 Å². The fourth-order valence-corrected chi connectivity index (χ4v) is 10.8. The molecule has 0 spiro atoms. The van der Waals surface area contributed by atoms with Crippen molar-refractivity contribution >= 4 is 5.91 Å². The van der Waals surface area contributed by atoms with E-state index in [2.05, 4.69) is 165 Å². The van der Waals surface area contributed by atoms with E-state index in [0.717, 1.165) is 116 Å². The molecule has 91 heavy (non-hydrogen) atoms. The average Bonchev–Trinajstić information content (AvgIpc) is 1.58. The molecule has 1 aliphatic rings. The molecule has 0 aromatic carbocycles. The van der Waals surface area contributed by atoms with E-state index in [1.54, 1.807) is 6.08 Å². The zero-order valence-electron chi connectivity index (χ0n) is 58.0. The van der Waals surface area contributed by atoms with E-state index in [-0.39, 0.29) is 12.5 Å². The zero-order valence-corrected chi connectivity index (χ0v) is 58.0. The van der Waals surface area contributed by atoms with Gasteiger partial charge in [-0.3, -0.25) is 4.79 Å². The SMILES string of the molecule is CC/C=C\C/C=C\C/C=C\C/C=C\C/C=C\C/C=C\C/C=C\C/C=C\C/C=C\C/C=C\CCCCCCC(=O)NC(COC1OC(CO)C(O)C(O)C1O)C(O)/C=C/CC/C=C/CC/C=C/CCCCCCCCCCCCCCCCCCCCCCCCC. The van der Waals surface area contributed by atoms with Crippen molar-refractivity contribution in [3.63, 3.8) is 0 Å². The lowest BCUT2D eigenvalue weighted by Crippen LogP contribution is -2.60. The van der Waals surface area contributed by atoms with Crippen LogP contribution < -0.4 is 5.32 Å². The van der Waals surface area contributed by atoms with Crippen molar-refractivity contribution in [2.24, 2.45) is 0 Å². The third kappa shape index (κ3) is 57.0. The van der Waals surface area contributed by atoms with Gasteiger partial charge in [0.1, 0.15) is 24.4 Å². The largest absolute Gasteiger partial charge is 0.394 e. The maximum atomic E-state index is 13.1. The van der Waals surface area contributed by atoms with Crippen molar-refractivity contribution in [2.75, 3.05) is 13.2 Å². The summed E-state index contributed by atoms with van der Waals surface area (Å²) in [6, 6.07) is -0.857. The van der Waals surface area contributed by atoms with E-state index in [4.69, 9.17) is 9.47 Å². The number of aliphatic hydroxyl groups excluding tert-OH is 5. The number of unbranched alkanes of at least 4 members (excludes halogenated alkanes) is 29. The maximum Gasteiger partial charge on any atom is 0.220 e. The maximum absolute atomic E-state index is 13.1. The predicted octanol–water partition coefficient (Wildman–Crippen LogP) is 21.1. The Hall–Kier alpha value is -4.19. The molecule has 9 heteroatoms. The van der Waals surface area contributed by atoms with Gasteiger partial charge in [-0.15, -0.1) is 0 Å². The Balaban J connectivity index is 2.21. The smallest absolute Gasteiger partial charge is 0.220 e. The number of carbonyl (C=O) groups excluding carboxylic acids is 1. The number of nitrogens with one attached hydrogen (secondary N) is 1. The third-order valence-corrected chi connectivity index (χ3v) is 16.6. The second kappa shape index (κ2) is 68.7. The Morgan fingerprint density at radius 2 is 0.692 bits per heavy atom. The Bertz CT molecular complexity index is 2000. The Morgan fingerprint density at radius 3 is 1.05 bits per heavy atom. The van der Waals surface area contributed by atoms with Gasteiger partial charge >= 0.3 is 0 Å². The molecule has 7 atom stereocenters. The molecule has 6 N–H and O–H groups in total. The lowest BCUT2D eigenvalue weighted by atomic mass is 9.99. The monoisotopic (exact) mass is 1260 g/mol. The van der Waals surface area contributed by atoms with E-state index in [1.165, 1.54) is 148 Å². The van der Waals surface area contributed by atoms with E-state index in [9.17, 15) is 30.3 Å². The average molecular weight is 1260 g/mol. The predicted molar refractivity (Wildman–Crippen MR) is 391 cm³/mol. The summed E-state index contributed by atoms with van der Waals surface area (Å²) in [6.45, 7) is 3.64. The van der Waals surface area contributed by atoms with E-state index >= 15 is 0 Å². The first-order valence-electron chi connectivity index (χ1n) is 37.2. The minimum absolute atomic E-state index is 0.220. The van der Waals surface area contributed by atoms with Gasteiger partial charge in [0.25, 0.3) is 0 Å². The number of ether oxygens (including phenoxy) is 2. The van der Waals surface area contributed by atoms with Gasteiger partial charge in [-0.2, -0.15) is 0 Å². The normalized spacial score (nSPS) is 18.7. The number of carbonyl (C=O) groups is 1. The highest BCUT2D eigenvalue weighted by atomic mass is 16.7. The molecule has 1 rings (SSSR count). The van der Waals surface area contributed by atoms with Gasteiger partial charge < -0.3 is 40.3 Å². The highest BCUT2D eigenvalue weighted by Gasteiger charge is 2.44. The topological polar surface area (TPSA) is 149 Å². The highest BCUT2D eigenvalue weighted by Crippen LogP contribution is 2.23. The first-order valence-corrected chi connectivity index (χ1v) is 37.2. The summed E-state index contributed by atoms with van der Waals surface area (Å²) in [7, 11) is 0. The van der Waals surface area contributed by atoms with Gasteiger partial charge in [0.2, 0.25) is 5.91 Å². The lowest BCUT2D eigenvalue weighted by Gasteiger charge is -2.40. The van der Waals surface area contributed by atoms with Gasteiger partial charge in [-0.05, 0) is 122 Å². The molecule has 0 aliphatic carbocycles. The molecule has 1 aliphatic heterocycles. The van der Waals surface area contributed by atoms with Crippen molar-refractivity contribution in [1.82, 2.24) is 5.32 Å². The number of allylic oxidation sites excluding steroid dienone is 25. The summed E-state index contributed by atoms with van der Waals surface area (Å²) >= 11 is 0. The summed E-state index contributed by atoms with van der Waals surface area (Å²) < 4.78 is 11.3. The summed E-state index contributed by atoms with van der Waals surface area (Å²) in [5, 5.41) is 54.8. The van der Waals surface area contributed by atoms with Crippen molar-refractivity contribution in [1.29, 1.82) is 0 Å². The van der Waals surface area contributed by atoms with Crippen molar-refractivity contribution in [3.8, 4) is 0 Å². The fourth-order valence-electron chi connectivity index (χ4n) is 10.8. The molecule has 1 saturated heterocycles. The summed E-state index contributed by atoms with van der Waals surface area (Å²) in [5.74, 6) is -0.220. The standard InChI is InChI=1S/C82H137NO8/c1-3-5-7-9-11-13-15-17-19-21-23-25-27-29-31-33-35-37-38-40-42-44-46-48-50-52-54-56-58-60-62-64-66-68-70-72-78(86)83-75(74-90-82-81(89)80(88)79(87)77(73-84)91-82)76(85)71-69-67-65-63-61-59-57-55-53-51-49-47-45-43-41-39-36-34-32-30-28-26-24-22-20-18-16-14-12-10-8-6-4-2/h5,7,11,13,17,19,23,25,29,31,35,37,40,42,46,48,52-55,58,60-61,63,69,71,75-77,79-82,84-85,87-89H,3-4,6,8-10,12,14-16,18,20-22,24,26-28,30,32-34,36,38-39,41,43-45,47,49-51,56-57,59,62,64-68,70,72-74H2,1-2H3,(H,83,86)/b7-5-,13-11-,19-17-,25-23-,31-29-,37-35-,42-40-,48-46-,54-52-,55-53+,60-58-,63-61+,71-69+. The molecule has 0 saturated carbocycles. The Morgan fingerprint density at radius 1 is 0.385 bits per heavy atom. The molecule has 0 aromatic rings. The van der Waals surface area contributed by atoms with Crippen LogP contribution in [0.25, 0.3) is 0 Å². The zero-order chi connectivity index (χ0) is 65.7. The van der Waals surface area contributed by atoms with Crippen LogP contribution in [0.3, 0.4) is 0 Å². The fraction of sp³-hybridized carbons (Fsp3) is 0.671. The molecule has 1 amide bonds. The second-order valence-electron chi connectivity index (χ2n) is 25.0. The van der Waals surface area contributed by atoms with Crippen LogP contribution in [0.15, 0.2) is 158 Å². The van der Waals surface area contributed by atoms with Gasteiger partial charge in [0, 0.05) is 6.42 Å². The number of aliphatic hydroxyl groups is 5. The Kier molecular flexibility index (Phi) is 64.0. The van der Waals surface area contributed by atoms with Crippen LogP contribution >= 0.6 is 0 Å². The number of hydrogen-bond acceptors (Lipinski definition) is 8. The van der Waals surface area contributed by atoms with Crippen LogP contribution in [0.2, 0.25) is 0 Å². The third-order valence-electron chi connectivity index (χ3n) is 16.6.